The molecule has 17 heavy (non-hydrogen) atoms. The van der Waals surface area contributed by atoms with E-state index in [0.717, 1.165) is 5.56 Å². The smallest absolute Gasteiger partial charge is 0.322 e. The number of thiol groups is 1. The highest BCUT2D eigenvalue weighted by Crippen LogP contribution is 2.01. The molecule has 1 amide bonds. The van der Waals surface area contributed by atoms with Crippen molar-refractivity contribution in [2.75, 3.05) is 12.8 Å². The first-order valence-electron chi connectivity index (χ1n) is 5.15. The van der Waals surface area contributed by atoms with Gasteiger partial charge in [0.15, 0.2) is 0 Å². The van der Waals surface area contributed by atoms with E-state index in [1.807, 2.05) is 30.3 Å². The van der Waals surface area contributed by atoms with Gasteiger partial charge in [0.25, 0.3) is 0 Å². The maximum Gasteiger partial charge on any atom is 0.322 e. The summed E-state index contributed by atoms with van der Waals surface area (Å²) in [5.74, 6) is -1.26. The van der Waals surface area contributed by atoms with Crippen LogP contribution in [0.2, 0.25) is 0 Å². The monoisotopic (exact) mass is 255 g/mol. The van der Waals surface area contributed by atoms with Crippen LogP contribution in [0, 0.1) is 0 Å². The van der Waals surface area contributed by atoms with Gasteiger partial charge in [-0.3, -0.25) is 9.59 Å². The molecule has 1 aromatic rings. The molecule has 5 heteroatoms. The number of nitrogens with one attached hydrogen (secondary N) is 1. The van der Waals surface area contributed by atoms with Crippen LogP contribution in [-0.2, 0) is 16.0 Å². The molecule has 0 saturated carbocycles. The van der Waals surface area contributed by atoms with Gasteiger partial charge in [-0.25, -0.2) is 0 Å². The lowest BCUT2D eigenvalue weighted by molar-refractivity contribution is -0.137. The number of carboxylic acid groups (broad SMARTS) is 1. The molecule has 0 fully saturated rings. The standard InChI is InChI=1S/C11H13NO3.CH4S/c13-10(12-8-11(14)15)7-6-9-4-2-1-3-5-9;1-2/h1-5H,6-8H2,(H,12,13)(H,14,15);2H,1H3. The van der Waals surface area contributed by atoms with Crippen molar-refractivity contribution < 1.29 is 14.7 Å². The maximum atomic E-state index is 11.1. The summed E-state index contributed by atoms with van der Waals surface area (Å²) in [6.45, 7) is -0.312. The molecule has 0 radical (unpaired) electrons. The molecule has 0 aliphatic rings. The van der Waals surface area contributed by atoms with Gasteiger partial charge in [0.1, 0.15) is 6.54 Å². The Kier molecular flexibility index (Phi) is 8.86. The number of hydrogen-bond acceptors (Lipinski definition) is 3. The minimum atomic E-state index is -1.02. The molecule has 2 N–H and O–H groups in total. The molecule has 94 valence electrons. The molecular formula is C12H17NO3S. The fraction of sp³-hybridized carbons (Fsp3) is 0.333. The van der Waals surface area contributed by atoms with Gasteiger partial charge < -0.3 is 10.4 Å². The lowest BCUT2D eigenvalue weighted by Gasteiger charge is -2.02. The van der Waals surface area contributed by atoms with E-state index in [4.69, 9.17) is 5.11 Å². The Morgan fingerprint density at radius 2 is 1.82 bits per heavy atom. The third-order valence-electron chi connectivity index (χ3n) is 1.92. The van der Waals surface area contributed by atoms with Crippen molar-refractivity contribution in [2.24, 2.45) is 0 Å². The summed E-state index contributed by atoms with van der Waals surface area (Å²) in [7, 11) is 0. The molecule has 0 aromatic heterocycles. The zero-order valence-electron chi connectivity index (χ0n) is 9.72. The van der Waals surface area contributed by atoms with Crippen LogP contribution in [0.15, 0.2) is 30.3 Å². The second-order valence-corrected chi connectivity index (χ2v) is 3.16. The lowest BCUT2D eigenvalue weighted by Crippen LogP contribution is -2.29. The topological polar surface area (TPSA) is 66.4 Å². The number of hydrogen-bond donors (Lipinski definition) is 3. The summed E-state index contributed by atoms with van der Waals surface area (Å²) in [5, 5.41) is 10.6. The fourth-order valence-electron chi connectivity index (χ4n) is 1.17. The molecule has 0 aliphatic heterocycles. The number of benzene rings is 1. The van der Waals surface area contributed by atoms with E-state index in [9.17, 15) is 9.59 Å². The second kappa shape index (κ2) is 9.72. The zero-order valence-corrected chi connectivity index (χ0v) is 10.6. The molecule has 0 spiro atoms. The van der Waals surface area contributed by atoms with Crippen molar-refractivity contribution in [1.82, 2.24) is 5.32 Å². The number of carboxylic acids is 1. The van der Waals surface area contributed by atoms with E-state index in [2.05, 4.69) is 17.9 Å². The molecule has 1 aromatic carbocycles. The molecular weight excluding hydrogens is 238 g/mol. The first-order valence-corrected chi connectivity index (χ1v) is 6.05. The summed E-state index contributed by atoms with van der Waals surface area (Å²) in [4.78, 5) is 21.3. The Hall–Kier alpha value is -1.49. The van der Waals surface area contributed by atoms with Crippen molar-refractivity contribution in [3.63, 3.8) is 0 Å². The minimum absolute atomic E-state index is 0.235. The van der Waals surface area contributed by atoms with E-state index >= 15 is 0 Å². The molecule has 0 unspecified atom stereocenters. The van der Waals surface area contributed by atoms with Gasteiger partial charge in [0.2, 0.25) is 5.91 Å². The Morgan fingerprint density at radius 1 is 1.24 bits per heavy atom. The van der Waals surface area contributed by atoms with Crippen LogP contribution in [-0.4, -0.2) is 29.8 Å². The van der Waals surface area contributed by atoms with Gasteiger partial charge in [0.05, 0.1) is 0 Å². The molecule has 0 heterocycles. The maximum absolute atomic E-state index is 11.1. The number of rotatable bonds is 5. The van der Waals surface area contributed by atoms with Crippen molar-refractivity contribution >= 4 is 24.5 Å². The number of aryl methyl sites for hydroxylation is 1. The van der Waals surface area contributed by atoms with Crippen LogP contribution in [0.25, 0.3) is 0 Å². The number of carbonyl (C=O) groups is 2. The van der Waals surface area contributed by atoms with Gasteiger partial charge in [-0.1, -0.05) is 30.3 Å². The average molecular weight is 255 g/mol. The average Bonchev–Trinajstić information content (AvgIpc) is 2.37. The molecule has 0 aliphatic carbocycles. The third kappa shape index (κ3) is 8.33. The number of amides is 1. The largest absolute Gasteiger partial charge is 0.480 e. The van der Waals surface area contributed by atoms with Crippen molar-refractivity contribution in [3.05, 3.63) is 35.9 Å². The van der Waals surface area contributed by atoms with E-state index < -0.39 is 5.97 Å². The first kappa shape index (κ1) is 15.5. The van der Waals surface area contributed by atoms with Crippen LogP contribution < -0.4 is 5.32 Å². The molecule has 4 nitrogen and oxygen atoms in total. The number of carbonyl (C=O) groups excluding carboxylic acids is 1. The summed E-state index contributed by atoms with van der Waals surface area (Å²) >= 11 is 3.53. The predicted molar refractivity (Wildman–Crippen MR) is 70.3 cm³/mol. The van der Waals surface area contributed by atoms with Gasteiger partial charge >= 0.3 is 5.97 Å². The number of aliphatic carboxylic acids is 1. The Labute approximate surface area is 106 Å². The zero-order chi connectivity index (χ0) is 13.1. The van der Waals surface area contributed by atoms with Crippen LogP contribution in [0.3, 0.4) is 0 Å². The lowest BCUT2D eigenvalue weighted by atomic mass is 10.1. The predicted octanol–water partition coefficient (Wildman–Crippen LogP) is 1.37. The van der Waals surface area contributed by atoms with Crippen LogP contribution in [0.4, 0.5) is 0 Å². The highest BCUT2D eigenvalue weighted by Gasteiger charge is 2.03. The summed E-state index contributed by atoms with van der Waals surface area (Å²) in [6, 6.07) is 9.60. The third-order valence-corrected chi connectivity index (χ3v) is 1.92. The van der Waals surface area contributed by atoms with Crippen molar-refractivity contribution in [2.45, 2.75) is 12.8 Å². The van der Waals surface area contributed by atoms with E-state index in [1.165, 1.54) is 0 Å². The van der Waals surface area contributed by atoms with Crippen LogP contribution in [0.5, 0.6) is 0 Å². The molecule has 0 saturated heterocycles. The van der Waals surface area contributed by atoms with Gasteiger partial charge in [-0.15, -0.1) is 0 Å². The van der Waals surface area contributed by atoms with Crippen LogP contribution >= 0.6 is 12.6 Å². The van der Waals surface area contributed by atoms with Gasteiger partial charge in [0, 0.05) is 6.42 Å². The Balaban J connectivity index is 0.00000121. The van der Waals surface area contributed by atoms with Gasteiger partial charge in [-0.05, 0) is 18.2 Å². The molecule has 0 atom stereocenters. The van der Waals surface area contributed by atoms with E-state index in [1.54, 1.807) is 6.26 Å². The van der Waals surface area contributed by atoms with E-state index in [-0.39, 0.29) is 12.5 Å². The highest BCUT2D eigenvalue weighted by atomic mass is 32.1. The second-order valence-electron chi connectivity index (χ2n) is 3.16. The van der Waals surface area contributed by atoms with Crippen molar-refractivity contribution in [1.29, 1.82) is 0 Å². The normalized spacial score (nSPS) is 8.82. The Morgan fingerprint density at radius 3 is 2.35 bits per heavy atom. The van der Waals surface area contributed by atoms with E-state index in [0.29, 0.717) is 12.8 Å². The van der Waals surface area contributed by atoms with Crippen LogP contribution in [0.1, 0.15) is 12.0 Å². The SMILES string of the molecule is CS.O=C(O)CNC(=O)CCc1ccccc1. The molecule has 1 rings (SSSR count). The quantitative estimate of drug-likeness (QED) is 0.696. The van der Waals surface area contributed by atoms with Gasteiger partial charge in [-0.2, -0.15) is 12.6 Å². The Bertz CT molecular complexity index is 341. The highest BCUT2D eigenvalue weighted by molar-refractivity contribution is 7.79. The minimum Gasteiger partial charge on any atom is -0.480 e. The van der Waals surface area contributed by atoms with Crippen molar-refractivity contribution in [3.8, 4) is 0 Å². The summed E-state index contributed by atoms with van der Waals surface area (Å²) in [5.41, 5.74) is 1.07. The first-order chi connectivity index (χ1) is 8.18. The summed E-state index contributed by atoms with van der Waals surface area (Å²) in [6.07, 6.45) is 2.64. The summed E-state index contributed by atoms with van der Waals surface area (Å²) < 4.78 is 0. The molecule has 0 bridgehead atoms. The fourth-order valence-corrected chi connectivity index (χ4v) is 1.17.